The lowest BCUT2D eigenvalue weighted by Crippen LogP contribution is -2.24. The highest BCUT2D eigenvalue weighted by Crippen LogP contribution is 2.38. The van der Waals surface area contributed by atoms with Crippen LogP contribution in [0.1, 0.15) is 43.7 Å². The molecule has 16 heavy (non-hydrogen) atoms. The Bertz CT molecular complexity index is 339. The molecule has 0 aliphatic heterocycles. The lowest BCUT2D eigenvalue weighted by atomic mass is 9.81. The first-order chi connectivity index (χ1) is 7.70. The summed E-state index contributed by atoms with van der Waals surface area (Å²) in [6, 6.07) is 5.58. The first-order valence-corrected chi connectivity index (χ1v) is 6.65. The van der Waals surface area contributed by atoms with E-state index in [9.17, 15) is 0 Å². The topological polar surface area (TPSA) is 26.0 Å². The molecule has 0 aromatic heterocycles. The van der Waals surface area contributed by atoms with Crippen LogP contribution in [-0.4, -0.2) is 0 Å². The number of hydrogen-bond acceptors (Lipinski definition) is 1. The van der Waals surface area contributed by atoms with Crippen LogP contribution in [0.25, 0.3) is 0 Å². The van der Waals surface area contributed by atoms with E-state index >= 15 is 0 Å². The van der Waals surface area contributed by atoms with E-state index in [0.29, 0.717) is 16.0 Å². The molecule has 1 nitrogen and oxygen atoms in total. The van der Waals surface area contributed by atoms with E-state index in [0.717, 1.165) is 5.56 Å². The van der Waals surface area contributed by atoms with Crippen LogP contribution in [0.2, 0.25) is 10.0 Å². The molecule has 0 amide bonds. The van der Waals surface area contributed by atoms with Gasteiger partial charge in [0.2, 0.25) is 0 Å². The quantitative estimate of drug-likeness (QED) is 0.825. The largest absolute Gasteiger partial charge is 0.324 e. The zero-order chi connectivity index (χ0) is 11.5. The zero-order valence-electron chi connectivity index (χ0n) is 9.26. The smallest absolute Gasteiger partial charge is 0.0468 e. The molecule has 88 valence electrons. The average Bonchev–Trinajstić information content (AvgIpc) is 2.30. The maximum absolute atomic E-state index is 6.30. The van der Waals surface area contributed by atoms with Crippen LogP contribution in [0, 0.1) is 5.92 Å². The van der Waals surface area contributed by atoms with E-state index in [4.69, 9.17) is 28.9 Å². The molecule has 1 saturated carbocycles. The van der Waals surface area contributed by atoms with Crippen LogP contribution in [0.4, 0.5) is 0 Å². The molecule has 0 heterocycles. The fourth-order valence-corrected chi connectivity index (χ4v) is 3.21. The summed E-state index contributed by atoms with van der Waals surface area (Å²) in [5, 5.41) is 1.40. The van der Waals surface area contributed by atoms with Crippen molar-refractivity contribution in [3.8, 4) is 0 Å². The maximum atomic E-state index is 6.30. The van der Waals surface area contributed by atoms with Crippen molar-refractivity contribution in [1.29, 1.82) is 0 Å². The van der Waals surface area contributed by atoms with E-state index < -0.39 is 0 Å². The minimum atomic E-state index is -0.0125. The average molecular weight is 258 g/mol. The summed E-state index contributed by atoms with van der Waals surface area (Å²) in [4.78, 5) is 0. The summed E-state index contributed by atoms with van der Waals surface area (Å²) in [7, 11) is 0. The summed E-state index contributed by atoms with van der Waals surface area (Å²) in [6.07, 6.45) is 6.28. The predicted octanol–water partition coefficient (Wildman–Crippen LogP) is 4.57. The molecule has 1 aliphatic carbocycles. The van der Waals surface area contributed by atoms with Gasteiger partial charge in [0, 0.05) is 21.7 Å². The summed E-state index contributed by atoms with van der Waals surface area (Å²) < 4.78 is 0. The molecule has 0 spiro atoms. The first-order valence-electron chi connectivity index (χ1n) is 5.89. The number of nitrogens with two attached hydrogens (primary N) is 1. The lowest BCUT2D eigenvalue weighted by molar-refractivity contribution is 0.308. The Morgan fingerprint density at radius 2 is 1.62 bits per heavy atom. The monoisotopic (exact) mass is 257 g/mol. The molecule has 0 bridgehead atoms. The number of benzene rings is 1. The number of hydrogen-bond donors (Lipinski definition) is 1. The predicted molar refractivity (Wildman–Crippen MR) is 70.0 cm³/mol. The highest BCUT2D eigenvalue weighted by atomic mass is 35.5. The fraction of sp³-hybridized carbons (Fsp3) is 0.538. The SMILES string of the molecule is N[C@@H](c1c(Cl)cccc1Cl)C1CCCCC1. The summed E-state index contributed by atoms with van der Waals surface area (Å²) >= 11 is 12.4. The highest BCUT2D eigenvalue weighted by Gasteiger charge is 2.24. The number of rotatable bonds is 2. The molecule has 2 rings (SSSR count). The minimum absolute atomic E-state index is 0.0125. The Balaban J connectivity index is 2.22. The molecular weight excluding hydrogens is 241 g/mol. The standard InChI is InChI=1S/C13H17Cl2N/c14-10-7-4-8-11(15)12(10)13(16)9-5-2-1-3-6-9/h4,7-9,13H,1-3,5-6,16H2/t13-/m1/s1. The van der Waals surface area contributed by atoms with Gasteiger partial charge in [0.1, 0.15) is 0 Å². The zero-order valence-corrected chi connectivity index (χ0v) is 10.8. The summed E-state index contributed by atoms with van der Waals surface area (Å²) in [5.41, 5.74) is 7.23. The molecule has 1 aromatic carbocycles. The molecular formula is C13H17Cl2N. The van der Waals surface area contributed by atoms with Gasteiger partial charge in [-0.2, -0.15) is 0 Å². The number of halogens is 2. The van der Waals surface area contributed by atoms with Crippen molar-refractivity contribution in [3.05, 3.63) is 33.8 Å². The molecule has 1 aliphatic rings. The Morgan fingerprint density at radius 3 is 2.19 bits per heavy atom. The van der Waals surface area contributed by atoms with Crippen molar-refractivity contribution in [2.45, 2.75) is 38.1 Å². The van der Waals surface area contributed by atoms with Crippen LogP contribution >= 0.6 is 23.2 Å². The van der Waals surface area contributed by atoms with E-state index in [1.54, 1.807) is 0 Å². The van der Waals surface area contributed by atoms with Crippen LogP contribution in [0.5, 0.6) is 0 Å². The van der Waals surface area contributed by atoms with Crippen molar-refractivity contribution >= 4 is 23.2 Å². The second-order valence-corrected chi connectivity index (χ2v) is 5.37. The van der Waals surface area contributed by atoms with Gasteiger partial charge in [-0.15, -0.1) is 0 Å². The molecule has 2 N–H and O–H groups in total. The molecule has 1 fully saturated rings. The van der Waals surface area contributed by atoms with Gasteiger partial charge in [-0.1, -0.05) is 48.5 Å². The van der Waals surface area contributed by atoms with E-state index in [1.807, 2.05) is 18.2 Å². The van der Waals surface area contributed by atoms with Gasteiger partial charge in [0.25, 0.3) is 0 Å². The molecule has 3 heteroatoms. The summed E-state index contributed by atoms with van der Waals surface area (Å²) in [5.74, 6) is 0.533. The van der Waals surface area contributed by atoms with Gasteiger partial charge in [0.15, 0.2) is 0 Å². The second-order valence-electron chi connectivity index (χ2n) is 4.56. The molecule has 0 radical (unpaired) electrons. The lowest BCUT2D eigenvalue weighted by Gasteiger charge is -2.28. The van der Waals surface area contributed by atoms with Crippen LogP contribution in [0.3, 0.4) is 0 Å². The Morgan fingerprint density at radius 1 is 1.06 bits per heavy atom. The Hall–Kier alpha value is -0.240. The van der Waals surface area contributed by atoms with Gasteiger partial charge in [-0.3, -0.25) is 0 Å². The van der Waals surface area contributed by atoms with Crippen molar-refractivity contribution < 1.29 is 0 Å². The second kappa shape index (κ2) is 5.39. The first kappa shape index (κ1) is 12.2. The third-order valence-electron chi connectivity index (χ3n) is 3.49. The maximum Gasteiger partial charge on any atom is 0.0468 e. The van der Waals surface area contributed by atoms with Crippen LogP contribution < -0.4 is 5.73 Å². The Kier molecular flexibility index (Phi) is 4.12. The van der Waals surface area contributed by atoms with Gasteiger partial charge in [-0.05, 0) is 30.9 Å². The molecule has 1 aromatic rings. The molecule has 1 atom stereocenters. The van der Waals surface area contributed by atoms with Crippen molar-refractivity contribution in [2.24, 2.45) is 11.7 Å². The molecule has 0 saturated heterocycles. The van der Waals surface area contributed by atoms with Gasteiger partial charge < -0.3 is 5.73 Å². The van der Waals surface area contributed by atoms with Gasteiger partial charge >= 0.3 is 0 Å². The third kappa shape index (κ3) is 2.53. The van der Waals surface area contributed by atoms with E-state index in [1.165, 1.54) is 32.1 Å². The summed E-state index contributed by atoms with van der Waals surface area (Å²) in [6.45, 7) is 0. The van der Waals surface area contributed by atoms with Crippen LogP contribution in [-0.2, 0) is 0 Å². The normalized spacial score (nSPS) is 19.7. The van der Waals surface area contributed by atoms with E-state index in [2.05, 4.69) is 0 Å². The van der Waals surface area contributed by atoms with E-state index in [-0.39, 0.29) is 6.04 Å². The van der Waals surface area contributed by atoms with Crippen molar-refractivity contribution in [1.82, 2.24) is 0 Å². The van der Waals surface area contributed by atoms with Gasteiger partial charge in [-0.25, -0.2) is 0 Å². The van der Waals surface area contributed by atoms with Crippen LogP contribution in [0.15, 0.2) is 18.2 Å². The minimum Gasteiger partial charge on any atom is -0.324 e. The van der Waals surface area contributed by atoms with Crippen molar-refractivity contribution in [2.75, 3.05) is 0 Å². The fourth-order valence-electron chi connectivity index (χ4n) is 2.56. The van der Waals surface area contributed by atoms with Gasteiger partial charge in [0.05, 0.1) is 0 Å². The molecule has 0 unspecified atom stereocenters. The van der Waals surface area contributed by atoms with Crippen molar-refractivity contribution in [3.63, 3.8) is 0 Å². The Labute approximate surface area is 107 Å². The highest BCUT2D eigenvalue weighted by molar-refractivity contribution is 6.36. The third-order valence-corrected chi connectivity index (χ3v) is 4.15.